The number of esters is 1. The van der Waals surface area contributed by atoms with E-state index in [1.165, 1.54) is 18.9 Å². The van der Waals surface area contributed by atoms with Gasteiger partial charge in [0.05, 0.1) is 29.7 Å². The number of anilines is 1. The van der Waals surface area contributed by atoms with Crippen molar-refractivity contribution < 1.29 is 23.5 Å². The summed E-state index contributed by atoms with van der Waals surface area (Å²) < 4.78 is 10.7. The Bertz CT molecular complexity index is 1520. The molecule has 0 radical (unpaired) electrons. The molecule has 0 aliphatic carbocycles. The van der Waals surface area contributed by atoms with E-state index in [0.29, 0.717) is 33.3 Å². The van der Waals surface area contributed by atoms with Crippen LogP contribution in [0.1, 0.15) is 55.4 Å². The molecule has 0 bridgehead atoms. The third kappa shape index (κ3) is 3.29. The number of ether oxygens (including phenoxy) is 1. The van der Waals surface area contributed by atoms with Crippen molar-refractivity contribution in [1.82, 2.24) is 0 Å². The van der Waals surface area contributed by atoms with Gasteiger partial charge in [0.15, 0.2) is 11.2 Å². The van der Waals surface area contributed by atoms with Crippen molar-refractivity contribution >= 4 is 34.3 Å². The zero-order valence-electron chi connectivity index (χ0n) is 18.4. The van der Waals surface area contributed by atoms with E-state index < -0.39 is 17.9 Å². The number of hydrogen-bond donors (Lipinski definition) is 0. The molecule has 1 atom stereocenters. The van der Waals surface area contributed by atoms with Crippen LogP contribution in [0.5, 0.6) is 0 Å². The number of benzene rings is 3. The van der Waals surface area contributed by atoms with E-state index in [1.807, 2.05) is 0 Å². The molecule has 168 valence electrons. The average molecular weight is 453 g/mol. The number of nitrogens with zero attached hydrogens (tertiary/aromatic N) is 1. The maximum Gasteiger partial charge on any atom is 0.337 e. The van der Waals surface area contributed by atoms with E-state index in [-0.39, 0.29) is 22.5 Å². The smallest absolute Gasteiger partial charge is 0.337 e. The van der Waals surface area contributed by atoms with Crippen LogP contribution in [0.2, 0.25) is 0 Å². The summed E-state index contributed by atoms with van der Waals surface area (Å²) >= 11 is 0. The molecule has 34 heavy (non-hydrogen) atoms. The monoisotopic (exact) mass is 453 g/mol. The van der Waals surface area contributed by atoms with Crippen LogP contribution in [0, 0.1) is 0 Å². The van der Waals surface area contributed by atoms with Gasteiger partial charge in [-0.15, -0.1) is 0 Å². The lowest BCUT2D eigenvalue weighted by Gasteiger charge is -2.25. The highest BCUT2D eigenvalue weighted by molar-refractivity contribution is 6.11. The molecule has 5 rings (SSSR count). The maximum atomic E-state index is 13.6. The van der Waals surface area contributed by atoms with E-state index in [2.05, 4.69) is 0 Å². The summed E-state index contributed by atoms with van der Waals surface area (Å²) in [5.41, 5.74) is 2.24. The van der Waals surface area contributed by atoms with Gasteiger partial charge in [0.2, 0.25) is 5.76 Å². The Morgan fingerprint density at radius 2 is 1.53 bits per heavy atom. The second-order valence-electron chi connectivity index (χ2n) is 7.96. The third-order valence-electron chi connectivity index (χ3n) is 5.98. The lowest BCUT2D eigenvalue weighted by molar-refractivity contribution is 0.0600. The number of para-hydroxylation sites is 1. The van der Waals surface area contributed by atoms with Crippen LogP contribution < -0.4 is 10.3 Å². The molecule has 3 aromatic carbocycles. The maximum absolute atomic E-state index is 13.6. The van der Waals surface area contributed by atoms with Gasteiger partial charge < -0.3 is 9.15 Å². The largest absolute Gasteiger partial charge is 0.465 e. The van der Waals surface area contributed by atoms with E-state index >= 15 is 0 Å². The van der Waals surface area contributed by atoms with Crippen molar-refractivity contribution in [2.24, 2.45) is 0 Å². The van der Waals surface area contributed by atoms with Crippen molar-refractivity contribution in [2.75, 3.05) is 12.0 Å². The second-order valence-corrected chi connectivity index (χ2v) is 7.96. The molecule has 0 N–H and O–H groups in total. The molecule has 1 unspecified atom stereocenters. The van der Waals surface area contributed by atoms with Crippen LogP contribution in [0.25, 0.3) is 11.0 Å². The molecule has 0 spiro atoms. The molecule has 1 aromatic heterocycles. The number of methoxy groups -OCH3 is 1. The van der Waals surface area contributed by atoms with Crippen molar-refractivity contribution in [3.8, 4) is 0 Å². The van der Waals surface area contributed by atoms with Gasteiger partial charge in [-0.05, 0) is 61.0 Å². The minimum Gasteiger partial charge on any atom is -0.465 e. The lowest BCUT2D eigenvalue weighted by Crippen LogP contribution is -2.29. The van der Waals surface area contributed by atoms with Crippen molar-refractivity contribution in [1.29, 1.82) is 0 Å². The van der Waals surface area contributed by atoms with Crippen molar-refractivity contribution in [2.45, 2.75) is 13.0 Å². The van der Waals surface area contributed by atoms with Gasteiger partial charge in [-0.25, -0.2) is 4.79 Å². The van der Waals surface area contributed by atoms with Crippen LogP contribution >= 0.6 is 0 Å². The zero-order valence-corrected chi connectivity index (χ0v) is 18.4. The number of rotatable bonds is 4. The molecule has 1 aliphatic heterocycles. The van der Waals surface area contributed by atoms with E-state index in [1.54, 1.807) is 72.8 Å². The average Bonchev–Trinajstić information content (AvgIpc) is 3.16. The number of ketones is 1. The Morgan fingerprint density at radius 3 is 2.18 bits per heavy atom. The van der Waals surface area contributed by atoms with Gasteiger partial charge in [0.1, 0.15) is 5.58 Å². The first-order valence-corrected chi connectivity index (χ1v) is 10.6. The van der Waals surface area contributed by atoms with Gasteiger partial charge in [0.25, 0.3) is 5.91 Å². The Hall–Kier alpha value is -4.52. The molecule has 0 fully saturated rings. The van der Waals surface area contributed by atoms with Crippen LogP contribution in [0.15, 0.2) is 82.0 Å². The first kappa shape index (κ1) is 21.3. The van der Waals surface area contributed by atoms with Crippen molar-refractivity contribution in [3.05, 3.63) is 111 Å². The number of carbonyl (C=O) groups excluding carboxylic acids is 3. The Kier molecular flexibility index (Phi) is 5.09. The molecule has 0 saturated carbocycles. The van der Waals surface area contributed by atoms with E-state index in [4.69, 9.17) is 9.15 Å². The summed E-state index contributed by atoms with van der Waals surface area (Å²) in [6, 6.07) is 19.2. The number of hydrogen-bond acceptors (Lipinski definition) is 6. The Labute approximate surface area is 194 Å². The Morgan fingerprint density at radius 1 is 0.882 bits per heavy atom. The molecule has 0 saturated heterocycles. The van der Waals surface area contributed by atoms with Gasteiger partial charge in [-0.2, -0.15) is 0 Å². The van der Waals surface area contributed by atoms with Gasteiger partial charge >= 0.3 is 5.97 Å². The first-order chi connectivity index (χ1) is 16.4. The fourth-order valence-electron chi connectivity index (χ4n) is 4.28. The highest BCUT2D eigenvalue weighted by Gasteiger charge is 2.43. The zero-order chi connectivity index (χ0) is 24.0. The van der Waals surface area contributed by atoms with Crippen LogP contribution in [-0.2, 0) is 4.74 Å². The fraction of sp³-hybridized carbons (Fsp3) is 0.111. The number of fused-ring (bicyclic) bond motifs is 2. The molecular weight excluding hydrogens is 434 g/mol. The molecule has 7 heteroatoms. The van der Waals surface area contributed by atoms with E-state index in [9.17, 15) is 19.2 Å². The standard InChI is InChI=1S/C27H19NO6/c1-15(29)16-11-13-19(14-12-16)28-23(17-7-9-18(10-8-17)27(32)33-2)22-24(30)20-5-3-4-6-21(20)34-25(22)26(28)31/h3-14,23H,1-2H3. The normalized spacial score (nSPS) is 14.8. The molecule has 1 amide bonds. The molecule has 4 aromatic rings. The SMILES string of the molecule is COC(=O)c1ccc(C2c3c(oc4ccccc4c3=O)C(=O)N2c2ccc(C(C)=O)cc2)cc1. The fourth-order valence-corrected chi connectivity index (χ4v) is 4.28. The number of Topliss-reactive ketones (excluding diaryl/α,β-unsaturated/α-hetero) is 1. The lowest BCUT2D eigenvalue weighted by atomic mass is 9.97. The van der Waals surface area contributed by atoms with Crippen molar-refractivity contribution in [3.63, 3.8) is 0 Å². The van der Waals surface area contributed by atoms with E-state index in [0.717, 1.165) is 0 Å². The summed E-state index contributed by atoms with van der Waals surface area (Å²) in [5, 5.41) is 0.374. The first-order valence-electron chi connectivity index (χ1n) is 10.6. The topological polar surface area (TPSA) is 93.9 Å². The molecule has 7 nitrogen and oxygen atoms in total. The second kappa shape index (κ2) is 8.12. The Balaban J connectivity index is 1.73. The quantitative estimate of drug-likeness (QED) is 0.333. The highest BCUT2D eigenvalue weighted by Crippen LogP contribution is 2.41. The minimum atomic E-state index is -0.779. The molecule has 2 heterocycles. The summed E-state index contributed by atoms with van der Waals surface area (Å²) in [6.07, 6.45) is 0. The van der Waals surface area contributed by atoms with Gasteiger partial charge in [-0.3, -0.25) is 19.3 Å². The third-order valence-corrected chi connectivity index (χ3v) is 5.98. The molecular formula is C27H19NO6. The summed E-state index contributed by atoms with van der Waals surface area (Å²) in [7, 11) is 1.30. The van der Waals surface area contributed by atoms with Crippen LogP contribution in [-0.4, -0.2) is 24.8 Å². The highest BCUT2D eigenvalue weighted by atomic mass is 16.5. The van der Waals surface area contributed by atoms with Crippen LogP contribution in [0.4, 0.5) is 5.69 Å². The summed E-state index contributed by atoms with van der Waals surface area (Å²) in [4.78, 5) is 52.2. The summed E-state index contributed by atoms with van der Waals surface area (Å²) in [6.45, 7) is 1.46. The van der Waals surface area contributed by atoms with Gasteiger partial charge in [-0.1, -0.05) is 24.3 Å². The van der Waals surface area contributed by atoms with Gasteiger partial charge in [0, 0.05) is 11.3 Å². The predicted octanol–water partition coefficient (Wildman–Crippen LogP) is 4.53. The number of amides is 1. The number of carbonyl (C=O) groups is 3. The van der Waals surface area contributed by atoms with Crippen LogP contribution in [0.3, 0.4) is 0 Å². The minimum absolute atomic E-state index is 0.0265. The molecule has 1 aliphatic rings. The summed E-state index contributed by atoms with van der Waals surface area (Å²) in [5.74, 6) is -1.07. The predicted molar refractivity (Wildman–Crippen MR) is 125 cm³/mol.